The lowest BCUT2D eigenvalue weighted by atomic mass is 9.96. The predicted molar refractivity (Wildman–Crippen MR) is 109 cm³/mol. The molecule has 0 atom stereocenters. The van der Waals surface area contributed by atoms with Crippen LogP contribution in [0.25, 0.3) is 0 Å². The standard InChI is InChI=1S/C23H28N2O2/c26-22(17-18-9-5-4-6-10-18)24-21-15-13-19(14-16-21)23(27)25-20-11-7-2-1-3-8-12-20/h4-6,9-10,13-16,20H,1-3,7-8,11-12,17H2,(H,24,26)(H,25,27). The van der Waals surface area contributed by atoms with Gasteiger partial charge >= 0.3 is 0 Å². The molecule has 27 heavy (non-hydrogen) atoms. The molecule has 1 aliphatic carbocycles. The van der Waals surface area contributed by atoms with Crippen LogP contribution in [0, 0.1) is 0 Å². The summed E-state index contributed by atoms with van der Waals surface area (Å²) in [5.74, 6) is -0.0874. The zero-order chi connectivity index (χ0) is 18.9. The molecule has 2 N–H and O–H groups in total. The number of benzene rings is 2. The maximum Gasteiger partial charge on any atom is 0.251 e. The summed E-state index contributed by atoms with van der Waals surface area (Å²) in [6, 6.07) is 17.0. The van der Waals surface area contributed by atoms with Crippen molar-refractivity contribution in [1.82, 2.24) is 5.32 Å². The predicted octanol–water partition coefficient (Wildman–Crippen LogP) is 4.71. The molecule has 1 fully saturated rings. The summed E-state index contributed by atoms with van der Waals surface area (Å²) < 4.78 is 0. The molecule has 0 spiro atoms. The second-order valence-electron chi connectivity index (χ2n) is 7.30. The van der Waals surface area contributed by atoms with E-state index in [9.17, 15) is 9.59 Å². The lowest BCUT2D eigenvalue weighted by molar-refractivity contribution is -0.115. The maximum absolute atomic E-state index is 12.5. The van der Waals surface area contributed by atoms with Crippen molar-refractivity contribution >= 4 is 17.5 Å². The fraction of sp³-hybridized carbons (Fsp3) is 0.391. The van der Waals surface area contributed by atoms with Crippen LogP contribution in [0.4, 0.5) is 5.69 Å². The molecule has 0 radical (unpaired) electrons. The van der Waals surface area contributed by atoms with Gasteiger partial charge in [-0.05, 0) is 42.7 Å². The first-order valence-electron chi connectivity index (χ1n) is 9.95. The van der Waals surface area contributed by atoms with E-state index in [2.05, 4.69) is 10.6 Å². The molecule has 0 unspecified atom stereocenters. The van der Waals surface area contributed by atoms with Crippen LogP contribution < -0.4 is 10.6 Å². The minimum atomic E-state index is -0.0621. The summed E-state index contributed by atoms with van der Waals surface area (Å²) in [4.78, 5) is 24.6. The topological polar surface area (TPSA) is 58.2 Å². The van der Waals surface area contributed by atoms with Gasteiger partial charge in [-0.3, -0.25) is 9.59 Å². The Morgan fingerprint density at radius 3 is 2.11 bits per heavy atom. The number of hydrogen-bond donors (Lipinski definition) is 2. The van der Waals surface area contributed by atoms with Crippen LogP contribution in [0.15, 0.2) is 54.6 Å². The Morgan fingerprint density at radius 1 is 0.815 bits per heavy atom. The van der Waals surface area contributed by atoms with Crippen LogP contribution in [0.3, 0.4) is 0 Å². The number of hydrogen-bond acceptors (Lipinski definition) is 2. The van der Waals surface area contributed by atoms with E-state index in [4.69, 9.17) is 0 Å². The molecule has 2 amide bonds. The Bertz CT molecular complexity index is 733. The second-order valence-corrected chi connectivity index (χ2v) is 7.30. The number of amides is 2. The number of carbonyl (C=O) groups excluding carboxylic acids is 2. The molecular formula is C23H28N2O2. The molecule has 1 aliphatic rings. The molecule has 142 valence electrons. The third-order valence-electron chi connectivity index (χ3n) is 5.08. The van der Waals surface area contributed by atoms with Gasteiger partial charge in [0.15, 0.2) is 0 Å². The van der Waals surface area contributed by atoms with E-state index in [1.165, 1.54) is 32.1 Å². The quantitative estimate of drug-likeness (QED) is 0.807. The van der Waals surface area contributed by atoms with E-state index in [0.29, 0.717) is 17.7 Å². The van der Waals surface area contributed by atoms with Crippen molar-refractivity contribution < 1.29 is 9.59 Å². The van der Waals surface area contributed by atoms with Gasteiger partial charge in [0.2, 0.25) is 5.91 Å². The lowest BCUT2D eigenvalue weighted by Gasteiger charge is -2.21. The van der Waals surface area contributed by atoms with Crippen LogP contribution in [0.1, 0.15) is 60.9 Å². The average Bonchev–Trinajstić information content (AvgIpc) is 2.65. The molecule has 1 saturated carbocycles. The Labute approximate surface area is 161 Å². The number of rotatable bonds is 5. The summed E-state index contributed by atoms with van der Waals surface area (Å²) in [6.07, 6.45) is 8.71. The fourth-order valence-electron chi connectivity index (χ4n) is 3.56. The largest absolute Gasteiger partial charge is 0.349 e. The first kappa shape index (κ1) is 19.2. The molecular weight excluding hydrogens is 336 g/mol. The highest BCUT2D eigenvalue weighted by atomic mass is 16.2. The van der Waals surface area contributed by atoms with Crippen molar-refractivity contribution in [1.29, 1.82) is 0 Å². The molecule has 0 bridgehead atoms. The number of carbonyl (C=O) groups is 2. The zero-order valence-electron chi connectivity index (χ0n) is 15.7. The first-order chi connectivity index (χ1) is 13.2. The minimum absolute atomic E-state index is 0.0252. The monoisotopic (exact) mass is 364 g/mol. The Hall–Kier alpha value is -2.62. The summed E-state index contributed by atoms with van der Waals surface area (Å²) in [6.45, 7) is 0. The Balaban J connectivity index is 1.51. The van der Waals surface area contributed by atoms with Crippen molar-refractivity contribution in [3.05, 3.63) is 65.7 Å². The van der Waals surface area contributed by atoms with Gasteiger partial charge in [0.25, 0.3) is 5.91 Å². The van der Waals surface area contributed by atoms with Crippen LogP contribution in [-0.2, 0) is 11.2 Å². The molecule has 4 nitrogen and oxygen atoms in total. The molecule has 0 heterocycles. The molecule has 0 aromatic heterocycles. The minimum Gasteiger partial charge on any atom is -0.349 e. The van der Waals surface area contributed by atoms with Crippen LogP contribution in [0.2, 0.25) is 0 Å². The van der Waals surface area contributed by atoms with Gasteiger partial charge in [-0.25, -0.2) is 0 Å². The van der Waals surface area contributed by atoms with Gasteiger partial charge < -0.3 is 10.6 Å². The number of nitrogens with one attached hydrogen (secondary N) is 2. The summed E-state index contributed by atoms with van der Waals surface area (Å²) in [7, 11) is 0. The van der Waals surface area contributed by atoms with E-state index in [1.807, 2.05) is 30.3 Å². The molecule has 3 rings (SSSR count). The van der Waals surface area contributed by atoms with Crippen molar-refractivity contribution in [2.45, 2.75) is 57.4 Å². The van der Waals surface area contributed by atoms with Crippen LogP contribution in [0.5, 0.6) is 0 Å². The average molecular weight is 364 g/mol. The smallest absolute Gasteiger partial charge is 0.251 e. The normalized spacial score (nSPS) is 15.4. The Morgan fingerprint density at radius 2 is 1.44 bits per heavy atom. The van der Waals surface area contributed by atoms with E-state index < -0.39 is 0 Å². The van der Waals surface area contributed by atoms with E-state index in [1.54, 1.807) is 24.3 Å². The summed E-state index contributed by atoms with van der Waals surface area (Å²) in [5, 5.41) is 6.05. The summed E-state index contributed by atoms with van der Waals surface area (Å²) in [5.41, 5.74) is 2.32. The van der Waals surface area contributed by atoms with Gasteiger partial charge in [0.05, 0.1) is 6.42 Å². The fourth-order valence-corrected chi connectivity index (χ4v) is 3.56. The van der Waals surface area contributed by atoms with Gasteiger partial charge in [-0.1, -0.05) is 62.4 Å². The van der Waals surface area contributed by atoms with Crippen LogP contribution in [-0.4, -0.2) is 17.9 Å². The van der Waals surface area contributed by atoms with Gasteiger partial charge in [-0.2, -0.15) is 0 Å². The molecule has 2 aromatic carbocycles. The van der Waals surface area contributed by atoms with E-state index in [0.717, 1.165) is 18.4 Å². The highest BCUT2D eigenvalue weighted by Crippen LogP contribution is 2.18. The van der Waals surface area contributed by atoms with Gasteiger partial charge in [0, 0.05) is 17.3 Å². The van der Waals surface area contributed by atoms with Crippen molar-refractivity contribution in [2.75, 3.05) is 5.32 Å². The molecule has 0 saturated heterocycles. The van der Waals surface area contributed by atoms with Crippen molar-refractivity contribution in [2.24, 2.45) is 0 Å². The third-order valence-corrected chi connectivity index (χ3v) is 5.08. The summed E-state index contributed by atoms with van der Waals surface area (Å²) >= 11 is 0. The van der Waals surface area contributed by atoms with Crippen molar-refractivity contribution in [3.8, 4) is 0 Å². The maximum atomic E-state index is 12.5. The molecule has 4 heteroatoms. The van der Waals surface area contributed by atoms with E-state index in [-0.39, 0.29) is 17.9 Å². The highest BCUT2D eigenvalue weighted by molar-refractivity contribution is 5.96. The molecule has 0 aliphatic heterocycles. The van der Waals surface area contributed by atoms with Gasteiger partial charge in [-0.15, -0.1) is 0 Å². The van der Waals surface area contributed by atoms with Gasteiger partial charge in [0.1, 0.15) is 0 Å². The van der Waals surface area contributed by atoms with Crippen LogP contribution >= 0.6 is 0 Å². The molecule has 2 aromatic rings. The lowest BCUT2D eigenvalue weighted by Crippen LogP contribution is -2.35. The second kappa shape index (κ2) is 9.91. The third kappa shape index (κ3) is 6.24. The van der Waals surface area contributed by atoms with E-state index >= 15 is 0 Å². The Kier molecular flexibility index (Phi) is 7.03. The van der Waals surface area contributed by atoms with Crippen molar-refractivity contribution in [3.63, 3.8) is 0 Å². The first-order valence-corrected chi connectivity index (χ1v) is 9.95. The zero-order valence-corrected chi connectivity index (χ0v) is 15.7. The highest BCUT2D eigenvalue weighted by Gasteiger charge is 2.15. The SMILES string of the molecule is O=C(Cc1ccccc1)Nc1ccc(C(=O)NC2CCCCCCC2)cc1. The number of anilines is 1.